The van der Waals surface area contributed by atoms with Crippen LogP contribution in [0, 0.1) is 3.95 Å². The van der Waals surface area contributed by atoms with Crippen LogP contribution in [0.15, 0.2) is 62.5 Å². The average Bonchev–Trinajstić information content (AvgIpc) is 2.96. The van der Waals surface area contributed by atoms with E-state index < -0.39 is 0 Å². The summed E-state index contributed by atoms with van der Waals surface area (Å²) in [5.74, 6) is 0.330. The fourth-order valence-electron chi connectivity index (χ4n) is 1.97. The first-order valence-corrected chi connectivity index (χ1v) is 10.8. The molecule has 3 rings (SSSR count). The maximum Gasteiger partial charge on any atom is 0.224 e. The van der Waals surface area contributed by atoms with Gasteiger partial charge in [0, 0.05) is 20.3 Å². The summed E-state index contributed by atoms with van der Waals surface area (Å²) in [6.07, 6.45) is 0. The number of anilines is 2. The molecule has 0 saturated carbocycles. The second kappa shape index (κ2) is 7.83. The van der Waals surface area contributed by atoms with Crippen molar-refractivity contribution in [1.82, 2.24) is 4.98 Å². The van der Waals surface area contributed by atoms with Crippen LogP contribution in [0.1, 0.15) is 0 Å². The summed E-state index contributed by atoms with van der Waals surface area (Å²) < 4.78 is 2.55. The number of halogens is 2. The minimum absolute atomic E-state index is 0.330. The van der Waals surface area contributed by atoms with Gasteiger partial charge in [0.2, 0.25) is 11.1 Å². The summed E-state index contributed by atoms with van der Waals surface area (Å²) >= 11 is 11.9. The number of nitrogens with two attached hydrogens (primary N) is 1. The summed E-state index contributed by atoms with van der Waals surface area (Å²) in [5.41, 5.74) is 8.10. The highest BCUT2D eigenvalue weighted by Crippen LogP contribution is 2.29. The van der Waals surface area contributed by atoms with Crippen molar-refractivity contribution < 1.29 is 0 Å². The van der Waals surface area contributed by atoms with Gasteiger partial charge >= 0.3 is 0 Å². The molecule has 0 aliphatic carbocycles. The van der Waals surface area contributed by atoms with E-state index >= 15 is 0 Å². The lowest BCUT2D eigenvalue weighted by atomic mass is 10.2. The van der Waals surface area contributed by atoms with Gasteiger partial charge in [-0.15, -0.1) is 0 Å². The minimum atomic E-state index is 0.330. The SMILES string of the molecule is N/C(=N\c1nc(=S)ss1)N(c1ccc(Br)cc1)c1ccc(Br)cc1. The van der Waals surface area contributed by atoms with Crippen molar-refractivity contribution in [3.8, 4) is 0 Å². The molecule has 0 radical (unpaired) electrons. The third kappa shape index (κ3) is 4.28. The maximum absolute atomic E-state index is 6.29. The Balaban J connectivity index is 2.07. The number of hydrogen-bond acceptors (Lipinski definition) is 5. The maximum atomic E-state index is 6.29. The van der Waals surface area contributed by atoms with E-state index in [4.69, 9.17) is 18.0 Å². The van der Waals surface area contributed by atoms with Crippen LogP contribution in [-0.2, 0) is 0 Å². The summed E-state index contributed by atoms with van der Waals surface area (Å²) in [6.45, 7) is 0. The molecule has 0 unspecified atom stereocenters. The van der Waals surface area contributed by atoms with Crippen molar-refractivity contribution in [2.24, 2.45) is 10.7 Å². The Kier molecular flexibility index (Phi) is 5.77. The zero-order valence-corrected chi connectivity index (χ0v) is 17.6. The number of aliphatic imine (C=N–C) groups is 1. The number of rotatable bonds is 3. The van der Waals surface area contributed by atoms with Gasteiger partial charge in [-0.05, 0) is 81.4 Å². The van der Waals surface area contributed by atoms with Crippen LogP contribution in [0.5, 0.6) is 0 Å². The molecule has 0 fully saturated rings. The van der Waals surface area contributed by atoms with Gasteiger partial charge in [0.25, 0.3) is 0 Å². The fraction of sp³-hybridized carbons (Fsp3) is 0. The smallest absolute Gasteiger partial charge is 0.224 e. The Morgan fingerprint density at radius 2 is 1.46 bits per heavy atom. The fourth-order valence-corrected chi connectivity index (χ4v) is 4.31. The van der Waals surface area contributed by atoms with Crippen molar-refractivity contribution >= 4 is 87.2 Å². The summed E-state index contributed by atoms with van der Waals surface area (Å²) in [5, 5.41) is 0.557. The Bertz CT molecular complexity index is 871. The first kappa shape index (κ1) is 17.7. The number of hydrogen-bond donors (Lipinski definition) is 1. The van der Waals surface area contributed by atoms with E-state index in [1.165, 1.54) is 20.7 Å². The molecule has 0 atom stereocenters. The number of benzene rings is 2. The van der Waals surface area contributed by atoms with Crippen molar-refractivity contribution in [1.29, 1.82) is 0 Å². The van der Waals surface area contributed by atoms with Crippen LogP contribution < -0.4 is 10.6 Å². The van der Waals surface area contributed by atoms with Crippen LogP contribution in [0.2, 0.25) is 0 Å². The van der Waals surface area contributed by atoms with Crippen molar-refractivity contribution in [3.05, 3.63) is 61.4 Å². The molecule has 0 aliphatic rings. The molecule has 0 spiro atoms. The van der Waals surface area contributed by atoms with Crippen molar-refractivity contribution in [2.45, 2.75) is 0 Å². The van der Waals surface area contributed by atoms with E-state index in [0.29, 0.717) is 15.0 Å². The van der Waals surface area contributed by atoms with E-state index in [0.717, 1.165) is 20.3 Å². The molecule has 0 aliphatic heterocycles. The summed E-state index contributed by atoms with van der Waals surface area (Å²) in [6, 6.07) is 15.7. The standard InChI is InChI=1S/C15H10Br2N4S3/c16-9-1-5-11(6-2-9)21(12-7-3-10(17)4-8-12)13(18)19-14-20-15(22)24-23-14/h1-8H,(H2,18,19,20,22). The molecule has 2 N–H and O–H groups in total. The first-order chi connectivity index (χ1) is 11.5. The third-order valence-corrected chi connectivity index (χ3v) is 6.52. The van der Waals surface area contributed by atoms with E-state index in [9.17, 15) is 0 Å². The largest absolute Gasteiger partial charge is 0.369 e. The van der Waals surface area contributed by atoms with E-state index in [1.807, 2.05) is 53.4 Å². The number of aromatic nitrogens is 1. The van der Waals surface area contributed by atoms with Crippen molar-refractivity contribution in [3.63, 3.8) is 0 Å². The van der Waals surface area contributed by atoms with Crippen LogP contribution in [0.4, 0.5) is 16.5 Å². The third-order valence-electron chi connectivity index (χ3n) is 2.98. The molecule has 24 heavy (non-hydrogen) atoms. The van der Waals surface area contributed by atoms with Gasteiger partial charge in [-0.3, -0.25) is 4.90 Å². The van der Waals surface area contributed by atoms with Gasteiger partial charge in [0.1, 0.15) is 0 Å². The lowest BCUT2D eigenvalue weighted by molar-refractivity contribution is 1.26. The molecule has 9 heteroatoms. The van der Waals surface area contributed by atoms with Crippen LogP contribution in [0.3, 0.4) is 0 Å². The van der Waals surface area contributed by atoms with Gasteiger partial charge in [0.15, 0.2) is 3.95 Å². The zero-order valence-electron chi connectivity index (χ0n) is 12.0. The van der Waals surface area contributed by atoms with Gasteiger partial charge in [-0.25, -0.2) is 0 Å². The van der Waals surface area contributed by atoms with E-state index in [2.05, 4.69) is 41.8 Å². The molecule has 0 bridgehead atoms. The van der Waals surface area contributed by atoms with Crippen LogP contribution in [-0.4, -0.2) is 10.9 Å². The Morgan fingerprint density at radius 3 is 1.88 bits per heavy atom. The van der Waals surface area contributed by atoms with Gasteiger partial charge < -0.3 is 5.73 Å². The lowest BCUT2D eigenvalue weighted by Crippen LogP contribution is -2.33. The van der Waals surface area contributed by atoms with Crippen LogP contribution >= 0.6 is 64.8 Å². The molecule has 1 heterocycles. The quantitative estimate of drug-likeness (QED) is 0.199. The number of nitrogens with zero attached hydrogens (tertiary/aromatic N) is 3. The molecule has 1 aromatic heterocycles. The monoisotopic (exact) mass is 500 g/mol. The normalized spacial score (nSPS) is 11.5. The molecule has 122 valence electrons. The van der Waals surface area contributed by atoms with Crippen molar-refractivity contribution in [2.75, 3.05) is 4.90 Å². The lowest BCUT2D eigenvalue weighted by Gasteiger charge is -2.23. The molecule has 0 amide bonds. The molecule has 4 nitrogen and oxygen atoms in total. The average molecular weight is 502 g/mol. The molecule has 3 aromatic rings. The van der Waals surface area contributed by atoms with Gasteiger partial charge in [-0.1, -0.05) is 31.9 Å². The zero-order chi connectivity index (χ0) is 17.1. The number of guanidine groups is 1. The summed E-state index contributed by atoms with van der Waals surface area (Å²) in [4.78, 5) is 10.5. The topological polar surface area (TPSA) is 54.5 Å². The second-order valence-electron chi connectivity index (χ2n) is 4.59. The predicted octanol–water partition coefficient (Wildman–Crippen LogP) is 6.24. The first-order valence-electron chi connectivity index (χ1n) is 6.65. The van der Waals surface area contributed by atoms with Crippen LogP contribution in [0.25, 0.3) is 0 Å². The predicted molar refractivity (Wildman–Crippen MR) is 113 cm³/mol. The van der Waals surface area contributed by atoms with Gasteiger partial charge in [0.05, 0.1) is 0 Å². The molecular formula is C15H10Br2N4S3. The minimum Gasteiger partial charge on any atom is -0.369 e. The highest BCUT2D eigenvalue weighted by molar-refractivity contribution is 9.10. The Hall–Kier alpha value is -1.13. The summed E-state index contributed by atoms with van der Waals surface area (Å²) in [7, 11) is 2.81. The Labute approximate surface area is 168 Å². The van der Waals surface area contributed by atoms with E-state index in [1.54, 1.807) is 0 Å². The molecular weight excluding hydrogens is 492 g/mol. The second-order valence-corrected chi connectivity index (χ2v) is 9.15. The highest BCUT2D eigenvalue weighted by Gasteiger charge is 2.14. The van der Waals surface area contributed by atoms with E-state index in [-0.39, 0.29) is 0 Å². The molecule has 2 aromatic carbocycles. The molecule has 0 saturated heterocycles. The highest BCUT2D eigenvalue weighted by atomic mass is 79.9. The van der Waals surface area contributed by atoms with Gasteiger partial charge in [-0.2, -0.15) is 9.98 Å². The Morgan fingerprint density at radius 1 is 0.958 bits per heavy atom.